The van der Waals surface area contributed by atoms with Crippen molar-refractivity contribution in [2.45, 2.75) is 13.1 Å². The van der Waals surface area contributed by atoms with E-state index in [1.165, 1.54) is 0 Å². The molecule has 1 N–H and O–H groups in total. The molecule has 3 aromatic rings. The minimum absolute atomic E-state index is 0.0128. The minimum Gasteiger partial charge on any atom is -0.284 e. The van der Waals surface area contributed by atoms with Crippen LogP contribution in [0.1, 0.15) is 22.1 Å². The monoisotopic (exact) mass is 267 g/mol. The van der Waals surface area contributed by atoms with E-state index in [2.05, 4.69) is 10.2 Å². The third kappa shape index (κ3) is 2.25. The number of aromatic nitrogens is 4. The van der Waals surface area contributed by atoms with Gasteiger partial charge in [0.15, 0.2) is 6.20 Å². The van der Waals surface area contributed by atoms with Crippen LogP contribution in [0.3, 0.4) is 0 Å². The Hall–Kier alpha value is -2.69. The maximum absolute atomic E-state index is 12.8. The number of carbonyl (C=O) groups is 1. The number of ketones is 1. The lowest BCUT2D eigenvalue weighted by atomic mass is 10.1. The number of carbonyl (C=O) groups excluding carboxylic acids is 1. The first-order valence-corrected chi connectivity index (χ1v) is 6.40. The fourth-order valence-electron chi connectivity index (χ4n) is 2.13. The largest absolute Gasteiger partial charge is 0.338 e. The van der Waals surface area contributed by atoms with Gasteiger partial charge in [0.2, 0.25) is 0 Å². The third-order valence-electron chi connectivity index (χ3n) is 3.18. The van der Waals surface area contributed by atoms with Crippen molar-refractivity contribution >= 4 is 5.78 Å². The van der Waals surface area contributed by atoms with Gasteiger partial charge < -0.3 is 0 Å². The summed E-state index contributed by atoms with van der Waals surface area (Å²) < 4.78 is 3.37. The minimum atomic E-state index is -0.539. The molecule has 0 radical (unpaired) electrons. The maximum Gasteiger partial charge on any atom is 0.338 e. The molecule has 100 valence electrons. The lowest BCUT2D eigenvalue weighted by Crippen LogP contribution is -2.49. The highest BCUT2D eigenvalue weighted by atomic mass is 16.1. The van der Waals surface area contributed by atoms with Gasteiger partial charge in [0, 0.05) is 24.0 Å². The van der Waals surface area contributed by atoms with Crippen LogP contribution in [0.4, 0.5) is 0 Å². The summed E-state index contributed by atoms with van der Waals surface area (Å²) in [5.74, 6) is -0.0128. The van der Waals surface area contributed by atoms with Gasteiger partial charge >= 0.3 is 6.17 Å². The van der Waals surface area contributed by atoms with Crippen LogP contribution in [0, 0.1) is 6.92 Å². The first-order chi connectivity index (χ1) is 9.75. The summed E-state index contributed by atoms with van der Waals surface area (Å²) in [6, 6.07) is 11.2. The summed E-state index contributed by atoms with van der Waals surface area (Å²) in [5.41, 5.74) is 1.79. The Kier molecular flexibility index (Phi) is 3.16. The molecule has 0 saturated carbocycles. The van der Waals surface area contributed by atoms with E-state index in [9.17, 15) is 4.79 Å². The zero-order chi connectivity index (χ0) is 13.9. The molecule has 2 aromatic heterocycles. The number of H-pyrrole nitrogens is 1. The van der Waals surface area contributed by atoms with Crippen LogP contribution < -0.4 is 4.68 Å². The van der Waals surface area contributed by atoms with E-state index in [-0.39, 0.29) is 5.78 Å². The number of hydrogen-bond donors (Lipinski definition) is 1. The van der Waals surface area contributed by atoms with Crippen LogP contribution in [0.25, 0.3) is 0 Å². The van der Waals surface area contributed by atoms with E-state index >= 15 is 0 Å². The number of nitrogens with one attached hydrogen (secondary N) is 1. The first kappa shape index (κ1) is 12.3. The molecular weight excluding hydrogens is 252 g/mol. The summed E-state index contributed by atoms with van der Waals surface area (Å²) in [7, 11) is 0. The topological polar surface area (TPSA) is 54.6 Å². The Balaban J connectivity index is 2.02. The first-order valence-electron chi connectivity index (χ1n) is 6.40. The second-order valence-corrected chi connectivity index (χ2v) is 4.63. The van der Waals surface area contributed by atoms with E-state index in [1.54, 1.807) is 34.0 Å². The summed E-state index contributed by atoms with van der Waals surface area (Å²) in [6.45, 7) is 2.00. The molecule has 20 heavy (non-hydrogen) atoms. The number of aromatic amines is 1. The van der Waals surface area contributed by atoms with Crippen molar-refractivity contribution in [2.24, 2.45) is 0 Å². The summed E-state index contributed by atoms with van der Waals surface area (Å²) in [4.78, 5) is 12.8. The SMILES string of the molecule is Cc1ccc(C(=O)C(n2cccn2)[n+]2ccc[nH]2)cc1. The molecule has 1 unspecified atom stereocenters. The van der Waals surface area contributed by atoms with Crippen molar-refractivity contribution in [1.29, 1.82) is 0 Å². The standard InChI is InChI=1S/C15H14N4O/c1-12-4-6-13(7-5-12)14(20)15(18-10-2-8-16-18)19-11-3-9-17-19/h2-11,15H,1H3/p+1. The van der Waals surface area contributed by atoms with Crippen molar-refractivity contribution in [3.8, 4) is 0 Å². The fraction of sp³-hybridized carbons (Fsp3) is 0.133. The smallest absolute Gasteiger partial charge is 0.284 e. The van der Waals surface area contributed by atoms with Gasteiger partial charge in [-0.3, -0.25) is 4.79 Å². The number of benzene rings is 1. The maximum atomic E-state index is 12.8. The van der Waals surface area contributed by atoms with Crippen LogP contribution in [0.5, 0.6) is 0 Å². The third-order valence-corrected chi connectivity index (χ3v) is 3.18. The second kappa shape index (κ2) is 5.13. The number of aryl methyl sites for hydroxylation is 1. The van der Waals surface area contributed by atoms with Crippen LogP contribution in [0.2, 0.25) is 0 Å². The molecule has 5 heteroatoms. The molecule has 0 aliphatic rings. The second-order valence-electron chi connectivity index (χ2n) is 4.63. The predicted molar refractivity (Wildman–Crippen MR) is 73.2 cm³/mol. The Bertz CT molecular complexity index is 650. The molecule has 5 nitrogen and oxygen atoms in total. The molecule has 2 heterocycles. The van der Waals surface area contributed by atoms with Gasteiger partial charge in [-0.1, -0.05) is 34.5 Å². The number of nitrogens with zero attached hydrogens (tertiary/aromatic N) is 3. The Labute approximate surface area is 116 Å². The molecule has 0 aliphatic carbocycles. The average molecular weight is 267 g/mol. The van der Waals surface area contributed by atoms with Gasteiger partial charge in [0.1, 0.15) is 0 Å². The summed E-state index contributed by atoms with van der Waals surface area (Å²) in [6.07, 6.45) is 6.50. The molecule has 1 atom stereocenters. The van der Waals surface area contributed by atoms with Crippen molar-refractivity contribution in [3.63, 3.8) is 0 Å². The van der Waals surface area contributed by atoms with E-state index in [0.29, 0.717) is 5.56 Å². The number of rotatable bonds is 4. The molecule has 0 amide bonds. The van der Waals surface area contributed by atoms with Gasteiger partial charge in [0.05, 0.1) is 6.20 Å². The lowest BCUT2D eigenvalue weighted by Gasteiger charge is -2.10. The quantitative estimate of drug-likeness (QED) is 0.578. The van der Waals surface area contributed by atoms with Gasteiger partial charge in [-0.15, -0.1) is 0 Å². The zero-order valence-corrected chi connectivity index (χ0v) is 11.1. The summed E-state index contributed by atoms with van der Waals surface area (Å²) in [5, 5.41) is 7.21. The van der Waals surface area contributed by atoms with Gasteiger partial charge in [-0.2, -0.15) is 10.2 Å². The molecule has 0 spiro atoms. The van der Waals surface area contributed by atoms with Crippen molar-refractivity contribution in [2.75, 3.05) is 0 Å². The highest BCUT2D eigenvalue weighted by Crippen LogP contribution is 2.12. The average Bonchev–Trinajstić information content (AvgIpc) is 3.13. The van der Waals surface area contributed by atoms with Crippen LogP contribution in [-0.4, -0.2) is 20.7 Å². The molecule has 1 aromatic carbocycles. The lowest BCUT2D eigenvalue weighted by molar-refractivity contribution is -0.765. The van der Waals surface area contributed by atoms with Gasteiger partial charge in [0.25, 0.3) is 5.78 Å². The number of hydrogen-bond acceptors (Lipinski definition) is 2. The molecular formula is C15H15N4O+. The fourth-order valence-corrected chi connectivity index (χ4v) is 2.13. The summed E-state index contributed by atoms with van der Waals surface area (Å²) >= 11 is 0. The zero-order valence-electron chi connectivity index (χ0n) is 11.1. The Morgan fingerprint density at radius 1 is 1.30 bits per heavy atom. The highest BCUT2D eigenvalue weighted by Gasteiger charge is 2.31. The molecule has 0 aliphatic heterocycles. The van der Waals surface area contributed by atoms with Crippen molar-refractivity contribution < 1.29 is 9.48 Å². The highest BCUT2D eigenvalue weighted by molar-refractivity contribution is 5.97. The van der Waals surface area contributed by atoms with Crippen LogP contribution in [0.15, 0.2) is 61.2 Å². The molecule has 0 saturated heterocycles. The van der Waals surface area contributed by atoms with Gasteiger partial charge in [-0.05, 0) is 13.0 Å². The predicted octanol–water partition coefficient (Wildman–Crippen LogP) is 1.74. The van der Waals surface area contributed by atoms with Gasteiger partial charge in [-0.25, -0.2) is 4.68 Å². The van der Waals surface area contributed by atoms with E-state index in [4.69, 9.17) is 0 Å². The Morgan fingerprint density at radius 2 is 2.10 bits per heavy atom. The molecule has 0 bridgehead atoms. The van der Waals surface area contributed by atoms with E-state index < -0.39 is 6.17 Å². The van der Waals surface area contributed by atoms with Crippen LogP contribution in [-0.2, 0) is 0 Å². The normalized spacial score (nSPS) is 12.2. The molecule has 0 fully saturated rings. The Morgan fingerprint density at radius 3 is 2.70 bits per heavy atom. The van der Waals surface area contributed by atoms with Crippen LogP contribution >= 0.6 is 0 Å². The van der Waals surface area contributed by atoms with Crippen molar-refractivity contribution in [1.82, 2.24) is 14.9 Å². The van der Waals surface area contributed by atoms with E-state index in [0.717, 1.165) is 5.56 Å². The number of Topliss-reactive ketones (excluding diaryl/α,β-unsaturated/α-hetero) is 1. The molecule has 3 rings (SSSR count). The van der Waals surface area contributed by atoms with Crippen molar-refractivity contribution in [3.05, 3.63) is 72.3 Å². The van der Waals surface area contributed by atoms with E-state index in [1.807, 2.05) is 43.5 Å².